The largest absolute Gasteiger partial charge is 0.352 e. The van der Waals surface area contributed by atoms with Crippen LogP contribution >= 0.6 is 11.6 Å². The molecule has 1 heterocycles. The number of halogens is 1. The number of nitrogens with zero attached hydrogens (tertiary/aromatic N) is 2. The molecule has 0 aliphatic rings. The molecule has 0 fully saturated rings. The second-order valence-corrected chi connectivity index (χ2v) is 8.39. The third-order valence-electron chi connectivity index (χ3n) is 5.47. The fraction of sp³-hybridized carbons (Fsp3) is 0.231. The Morgan fingerprint density at radius 2 is 1.71 bits per heavy atom. The van der Waals surface area contributed by atoms with Crippen LogP contribution in [-0.4, -0.2) is 22.0 Å². The highest BCUT2D eigenvalue weighted by Gasteiger charge is 2.13. The lowest BCUT2D eigenvalue weighted by molar-refractivity contribution is 0.0954. The van der Waals surface area contributed by atoms with Crippen LogP contribution in [0.2, 0.25) is 5.02 Å². The van der Waals surface area contributed by atoms with Gasteiger partial charge >= 0.3 is 0 Å². The summed E-state index contributed by atoms with van der Waals surface area (Å²) < 4.78 is 2.24. The number of fused-ring (bicyclic) bond motifs is 1. The second-order valence-electron chi connectivity index (χ2n) is 7.98. The van der Waals surface area contributed by atoms with Crippen molar-refractivity contribution < 1.29 is 4.79 Å². The van der Waals surface area contributed by atoms with E-state index in [0.29, 0.717) is 29.5 Å². The first-order valence-electron chi connectivity index (χ1n) is 10.6. The standard InChI is InChI=1S/C26H26ClN3O/c1-18(2)20-13-11-19(12-14-20)17-30-24-10-6-5-9-23(24)29-25(30)15-16-28-26(31)21-7-3-4-8-22(21)27/h3-14,18H,15-17H2,1-2H3,(H,28,31). The van der Waals surface area contributed by atoms with Crippen LogP contribution in [0.5, 0.6) is 0 Å². The van der Waals surface area contributed by atoms with Gasteiger partial charge in [0.05, 0.1) is 21.6 Å². The maximum atomic E-state index is 12.5. The quantitative estimate of drug-likeness (QED) is 0.400. The molecule has 5 heteroatoms. The molecule has 4 nitrogen and oxygen atoms in total. The summed E-state index contributed by atoms with van der Waals surface area (Å²) in [5.41, 5.74) is 5.12. The highest BCUT2D eigenvalue weighted by molar-refractivity contribution is 6.33. The van der Waals surface area contributed by atoms with Crippen LogP contribution in [0.4, 0.5) is 0 Å². The monoisotopic (exact) mass is 431 g/mol. The number of para-hydroxylation sites is 2. The average Bonchev–Trinajstić information content (AvgIpc) is 3.11. The van der Waals surface area contributed by atoms with Gasteiger partial charge in [0.25, 0.3) is 5.91 Å². The van der Waals surface area contributed by atoms with E-state index in [9.17, 15) is 4.79 Å². The van der Waals surface area contributed by atoms with E-state index in [2.05, 4.69) is 54.1 Å². The van der Waals surface area contributed by atoms with Crippen LogP contribution in [0.3, 0.4) is 0 Å². The maximum absolute atomic E-state index is 12.5. The van der Waals surface area contributed by atoms with Gasteiger partial charge in [-0.3, -0.25) is 4.79 Å². The van der Waals surface area contributed by atoms with Gasteiger partial charge in [-0.15, -0.1) is 0 Å². The van der Waals surface area contributed by atoms with Crippen molar-refractivity contribution in [3.8, 4) is 0 Å². The van der Waals surface area contributed by atoms with Gasteiger partial charge in [-0.05, 0) is 41.3 Å². The number of imidazole rings is 1. The summed E-state index contributed by atoms with van der Waals surface area (Å²) in [6.07, 6.45) is 0.634. The Morgan fingerprint density at radius 3 is 2.45 bits per heavy atom. The molecule has 158 valence electrons. The van der Waals surface area contributed by atoms with E-state index in [1.807, 2.05) is 30.3 Å². The molecule has 0 atom stereocenters. The first kappa shape index (κ1) is 21.1. The van der Waals surface area contributed by atoms with Gasteiger partial charge in [0.1, 0.15) is 5.82 Å². The third-order valence-corrected chi connectivity index (χ3v) is 5.80. The minimum atomic E-state index is -0.169. The van der Waals surface area contributed by atoms with Gasteiger partial charge in [-0.1, -0.05) is 74.0 Å². The Morgan fingerprint density at radius 1 is 1.00 bits per heavy atom. The Kier molecular flexibility index (Phi) is 6.38. The number of nitrogens with one attached hydrogen (secondary N) is 1. The topological polar surface area (TPSA) is 46.9 Å². The molecule has 0 aliphatic carbocycles. The summed E-state index contributed by atoms with van der Waals surface area (Å²) in [7, 11) is 0. The van der Waals surface area contributed by atoms with Crippen LogP contribution in [0.1, 0.15) is 47.1 Å². The molecule has 0 bridgehead atoms. The smallest absolute Gasteiger partial charge is 0.252 e. The highest BCUT2D eigenvalue weighted by atomic mass is 35.5. The van der Waals surface area contributed by atoms with Crippen molar-refractivity contribution in [2.45, 2.75) is 32.7 Å². The SMILES string of the molecule is CC(C)c1ccc(Cn2c(CCNC(=O)c3ccccc3Cl)nc3ccccc32)cc1. The first-order chi connectivity index (χ1) is 15.0. The molecule has 0 unspecified atom stereocenters. The molecule has 0 spiro atoms. The Balaban J connectivity index is 1.52. The molecule has 0 saturated heterocycles. The lowest BCUT2D eigenvalue weighted by atomic mass is 10.0. The zero-order chi connectivity index (χ0) is 21.8. The molecule has 0 saturated carbocycles. The number of aromatic nitrogens is 2. The molecule has 0 radical (unpaired) electrons. The summed E-state index contributed by atoms with van der Waals surface area (Å²) >= 11 is 6.14. The lowest BCUT2D eigenvalue weighted by Crippen LogP contribution is -2.26. The van der Waals surface area contributed by atoms with Crippen LogP contribution in [0.25, 0.3) is 11.0 Å². The second kappa shape index (κ2) is 9.36. The van der Waals surface area contributed by atoms with Crippen molar-refractivity contribution >= 4 is 28.5 Å². The van der Waals surface area contributed by atoms with Crippen LogP contribution in [0.15, 0.2) is 72.8 Å². The van der Waals surface area contributed by atoms with Gasteiger partial charge < -0.3 is 9.88 Å². The fourth-order valence-corrected chi connectivity index (χ4v) is 3.93. The fourth-order valence-electron chi connectivity index (χ4n) is 3.71. The van der Waals surface area contributed by atoms with Gasteiger partial charge in [0.2, 0.25) is 0 Å². The number of rotatable bonds is 7. The highest BCUT2D eigenvalue weighted by Crippen LogP contribution is 2.20. The molecule has 1 amide bonds. The van der Waals surface area contributed by atoms with Crippen LogP contribution in [0, 0.1) is 0 Å². The third kappa shape index (κ3) is 4.80. The van der Waals surface area contributed by atoms with Crippen molar-refractivity contribution in [3.63, 3.8) is 0 Å². The van der Waals surface area contributed by atoms with Crippen molar-refractivity contribution in [1.29, 1.82) is 0 Å². The van der Waals surface area contributed by atoms with E-state index < -0.39 is 0 Å². The summed E-state index contributed by atoms with van der Waals surface area (Å²) in [5.74, 6) is 1.30. The zero-order valence-electron chi connectivity index (χ0n) is 17.8. The predicted molar refractivity (Wildman–Crippen MR) is 127 cm³/mol. The first-order valence-corrected chi connectivity index (χ1v) is 11.0. The van der Waals surface area contributed by atoms with Gasteiger partial charge in [0, 0.05) is 19.5 Å². The molecule has 31 heavy (non-hydrogen) atoms. The van der Waals surface area contributed by atoms with Crippen LogP contribution in [-0.2, 0) is 13.0 Å². The molecule has 4 aromatic rings. The summed E-state index contributed by atoms with van der Waals surface area (Å²) in [4.78, 5) is 17.3. The number of benzene rings is 3. The van der Waals surface area contributed by atoms with E-state index in [0.717, 1.165) is 23.4 Å². The van der Waals surface area contributed by atoms with E-state index >= 15 is 0 Å². The molecular weight excluding hydrogens is 406 g/mol. The minimum absolute atomic E-state index is 0.169. The normalized spacial score (nSPS) is 11.2. The number of hydrogen-bond donors (Lipinski definition) is 1. The Bertz CT molecular complexity index is 1190. The Labute approximate surface area is 187 Å². The van der Waals surface area contributed by atoms with Crippen molar-refractivity contribution in [2.24, 2.45) is 0 Å². The summed E-state index contributed by atoms with van der Waals surface area (Å²) in [6.45, 7) is 5.63. The van der Waals surface area contributed by atoms with E-state index in [-0.39, 0.29) is 5.91 Å². The maximum Gasteiger partial charge on any atom is 0.252 e. The van der Waals surface area contributed by atoms with Crippen molar-refractivity contribution in [3.05, 3.63) is 100 Å². The molecule has 3 aromatic carbocycles. The van der Waals surface area contributed by atoms with Crippen molar-refractivity contribution in [2.75, 3.05) is 6.54 Å². The van der Waals surface area contributed by atoms with Crippen LogP contribution < -0.4 is 5.32 Å². The molecule has 1 N–H and O–H groups in total. The number of amides is 1. The lowest BCUT2D eigenvalue weighted by Gasteiger charge is -2.12. The summed E-state index contributed by atoms with van der Waals surface area (Å²) in [5, 5.41) is 3.42. The molecule has 0 aliphatic heterocycles. The van der Waals surface area contributed by atoms with Gasteiger partial charge in [-0.25, -0.2) is 4.98 Å². The average molecular weight is 432 g/mol. The minimum Gasteiger partial charge on any atom is -0.352 e. The molecular formula is C26H26ClN3O. The molecule has 4 rings (SSSR count). The van der Waals surface area contributed by atoms with Gasteiger partial charge in [-0.2, -0.15) is 0 Å². The van der Waals surface area contributed by atoms with Crippen molar-refractivity contribution in [1.82, 2.24) is 14.9 Å². The summed E-state index contributed by atoms with van der Waals surface area (Å²) in [6, 6.07) is 24.0. The number of carbonyl (C=O) groups excluding carboxylic acids is 1. The van der Waals surface area contributed by atoms with E-state index in [4.69, 9.17) is 16.6 Å². The van der Waals surface area contributed by atoms with Gasteiger partial charge in [0.15, 0.2) is 0 Å². The predicted octanol–water partition coefficient (Wildman–Crippen LogP) is 5.83. The zero-order valence-corrected chi connectivity index (χ0v) is 18.6. The Hall–Kier alpha value is -3.11. The molecule has 1 aromatic heterocycles. The number of hydrogen-bond acceptors (Lipinski definition) is 2. The number of carbonyl (C=O) groups is 1. The van der Waals surface area contributed by atoms with E-state index in [1.54, 1.807) is 12.1 Å². The van der Waals surface area contributed by atoms with E-state index in [1.165, 1.54) is 11.1 Å².